The van der Waals surface area contributed by atoms with Gasteiger partial charge in [0.1, 0.15) is 11.5 Å². The second-order valence-electron chi connectivity index (χ2n) is 5.06. The molecule has 1 unspecified atom stereocenters. The van der Waals surface area contributed by atoms with Gasteiger partial charge in [-0.2, -0.15) is 0 Å². The predicted octanol–water partition coefficient (Wildman–Crippen LogP) is 4.13. The van der Waals surface area contributed by atoms with Crippen molar-refractivity contribution in [1.82, 2.24) is 0 Å². The first-order valence-corrected chi connectivity index (χ1v) is 7.51. The highest BCUT2D eigenvalue weighted by Crippen LogP contribution is 2.36. The summed E-state index contributed by atoms with van der Waals surface area (Å²) >= 11 is 3.57. The Morgan fingerprint density at radius 2 is 1.76 bits per heavy atom. The van der Waals surface area contributed by atoms with Gasteiger partial charge in [0.15, 0.2) is 0 Å². The number of benzene rings is 2. The van der Waals surface area contributed by atoms with Crippen molar-refractivity contribution in [3.8, 4) is 11.5 Å². The minimum absolute atomic E-state index is 0.287. The summed E-state index contributed by atoms with van der Waals surface area (Å²) in [5.41, 5.74) is 10.7. The lowest BCUT2D eigenvalue weighted by Crippen LogP contribution is -2.15. The zero-order valence-corrected chi connectivity index (χ0v) is 14.3. The van der Waals surface area contributed by atoms with Crippen molar-refractivity contribution in [2.45, 2.75) is 19.9 Å². The van der Waals surface area contributed by atoms with Crippen molar-refractivity contribution >= 4 is 15.9 Å². The predicted molar refractivity (Wildman–Crippen MR) is 89.2 cm³/mol. The largest absolute Gasteiger partial charge is 0.497 e. The van der Waals surface area contributed by atoms with Crippen LogP contribution in [0.25, 0.3) is 0 Å². The molecule has 0 amide bonds. The molecule has 21 heavy (non-hydrogen) atoms. The van der Waals surface area contributed by atoms with Gasteiger partial charge in [0.05, 0.1) is 20.3 Å². The highest BCUT2D eigenvalue weighted by Gasteiger charge is 2.20. The molecule has 0 saturated carbocycles. The van der Waals surface area contributed by atoms with Gasteiger partial charge in [0, 0.05) is 10.0 Å². The second-order valence-corrected chi connectivity index (χ2v) is 5.92. The molecule has 0 spiro atoms. The van der Waals surface area contributed by atoms with Crippen molar-refractivity contribution in [1.29, 1.82) is 0 Å². The minimum Gasteiger partial charge on any atom is -0.497 e. The summed E-state index contributed by atoms with van der Waals surface area (Å²) < 4.78 is 11.8. The maximum absolute atomic E-state index is 6.50. The van der Waals surface area contributed by atoms with Crippen LogP contribution in [0.5, 0.6) is 11.5 Å². The van der Waals surface area contributed by atoms with Crippen molar-refractivity contribution in [2.24, 2.45) is 5.73 Å². The maximum atomic E-state index is 6.50. The molecule has 0 aromatic heterocycles. The topological polar surface area (TPSA) is 44.5 Å². The molecule has 3 nitrogen and oxygen atoms in total. The van der Waals surface area contributed by atoms with Gasteiger partial charge < -0.3 is 15.2 Å². The molecule has 0 saturated heterocycles. The third-order valence-electron chi connectivity index (χ3n) is 3.56. The van der Waals surface area contributed by atoms with Gasteiger partial charge in [0.25, 0.3) is 0 Å². The van der Waals surface area contributed by atoms with E-state index in [-0.39, 0.29) is 6.04 Å². The molecule has 0 fully saturated rings. The Bertz CT molecular complexity index is 655. The molecule has 0 heterocycles. The van der Waals surface area contributed by atoms with Gasteiger partial charge in [-0.15, -0.1) is 0 Å². The van der Waals surface area contributed by atoms with Gasteiger partial charge in [-0.25, -0.2) is 0 Å². The van der Waals surface area contributed by atoms with Crippen LogP contribution >= 0.6 is 15.9 Å². The van der Waals surface area contributed by atoms with Crippen LogP contribution in [-0.2, 0) is 0 Å². The number of hydrogen-bond acceptors (Lipinski definition) is 3. The smallest absolute Gasteiger partial charge is 0.124 e. The van der Waals surface area contributed by atoms with Gasteiger partial charge >= 0.3 is 0 Å². The Morgan fingerprint density at radius 3 is 2.38 bits per heavy atom. The Morgan fingerprint density at radius 1 is 1.05 bits per heavy atom. The molecule has 0 aliphatic carbocycles. The first kappa shape index (κ1) is 15.9. The lowest BCUT2D eigenvalue weighted by Gasteiger charge is -2.21. The van der Waals surface area contributed by atoms with Crippen LogP contribution < -0.4 is 15.2 Å². The van der Waals surface area contributed by atoms with Gasteiger partial charge in [-0.3, -0.25) is 0 Å². The number of nitrogens with two attached hydrogens (primary N) is 1. The molecule has 2 aromatic carbocycles. The fourth-order valence-corrected chi connectivity index (χ4v) is 3.04. The lowest BCUT2D eigenvalue weighted by molar-refractivity contribution is 0.406. The van der Waals surface area contributed by atoms with Crippen molar-refractivity contribution in [3.05, 3.63) is 57.1 Å². The number of hydrogen-bond donors (Lipinski definition) is 1. The summed E-state index contributed by atoms with van der Waals surface area (Å²) in [6.45, 7) is 4.10. The summed E-state index contributed by atoms with van der Waals surface area (Å²) in [5, 5.41) is 0. The molecule has 0 bridgehead atoms. The molecular weight excluding hydrogens is 330 g/mol. The lowest BCUT2D eigenvalue weighted by atomic mass is 9.93. The van der Waals surface area contributed by atoms with Crippen molar-refractivity contribution in [3.63, 3.8) is 0 Å². The molecule has 112 valence electrons. The van der Waals surface area contributed by atoms with E-state index in [1.807, 2.05) is 31.2 Å². The van der Waals surface area contributed by atoms with Gasteiger partial charge in [-0.1, -0.05) is 22.0 Å². The van der Waals surface area contributed by atoms with Crippen LogP contribution in [0.2, 0.25) is 0 Å². The number of aryl methyl sites for hydroxylation is 2. The van der Waals surface area contributed by atoms with Gasteiger partial charge in [0.2, 0.25) is 0 Å². The summed E-state index contributed by atoms with van der Waals surface area (Å²) in [4.78, 5) is 0. The summed E-state index contributed by atoms with van der Waals surface area (Å²) in [5.74, 6) is 1.60. The van der Waals surface area contributed by atoms with Crippen molar-refractivity contribution in [2.75, 3.05) is 14.2 Å². The molecule has 2 aromatic rings. The Hall–Kier alpha value is -1.52. The molecule has 2 N–H and O–H groups in total. The SMILES string of the molecule is COc1ccc(Br)c(C(N)c2c(C)cc(C)cc2OC)c1. The fourth-order valence-electron chi connectivity index (χ4n) is 2.55. The number of ether oxygens (including phenoxy) is 2. The molecule has 0 radical (unpaired) electrons. The third kappa shape index (κ3) is 3.22. The van der Waals surface area contributed by atoms with E-state index in [0.29, 0.717) is 0 Å². The summed E-state index contributed by atoms with van der Waals surface area (Å²) in [7, 11) is 3.32. The zero-order chi connectivity index (χ0) is 15.6. The van der Waals surface area contributed by atoms with Crippen LogP contribution in [0.1, 0.15) is 28.3 Å². The van der Waals surface area contributed by atoms with E-state index in [9.17, 15) is 0 Å². The Kier molecular flexibility index (Phi) is 4.91. The molecule has 0 aliphatic rings. The third-order valence-corrected chi connectivity index (χ3v) is 4.28. The first-order valence-electron chi connectivity index (χ1n) is 6.72. The maximum Gasteiger partial charge on any atom is 0.124 e. The highest BCUT2D eigenvalue weighted by atomic mass is 79.9. The van der Waals surface area contributed by atoms with E-state index in [1.54, 1.807) is 14.2 Å². The molecule has 0 aliphatic heterocycles. The highest BCUT2D eigenvalue weighted by molar-refractivity contribution is 9.10. The standard InChI is InChI=1S/C17H20BrNO2/c1-10-7-11(2)16(15(8-10)21-4)17(19)13-9-12(20-3)5-6-14(13)18/h5-9,17H,19H2,1-4H3. The van der Waals surface area contributed by atoms with E-state index >= 15 is 0 Å². The van der Waals surface area contributed by atoms with E-state index in [2.05, 4.69) is 28.9 Å². The van der Waals surface area contributed by atoms with Crippen molar-refractivity contribution < 1.29 is 9.47 Å². The van der Waals surface area contributed by atoms with Crippen LogP contribution in [0.4, 0.5) is 0 Å². The normalized spacial score (nSPS) is 12.1. The molecule has 4 heteroatoms. The average Bonchev–Trinajstić information content (AvgIpc) is 2.46. The average molecular weight is 350 g/mol. The molecule has 2 rings (SSSR count). The Balaban J connectivity index is 2.57. The second kappa shape index (κ2) is 6.50. The minimum atomic E-state index is -0.287. The van der Waals surface area contributed by atoms with Crippen LogP contribution in [0.3, 0.4) is 0 Å². The summed E-state index contributed by atoms with van der Waals surface area (Å²) in [6.07, 6.45) is 0. The molecular formula is C17H20BrNO2. The summed E-state index contributed by atoms with van der Waals surface area (Å²) in [6, 6.07) is 9.64. The van der Waals surface area contributed by atoms with E-state index in [4.69, 9.17) is 15.2 Å². The number of halogens is 1. The fraction of sp³-hybridized carbons (Fsp3) is 0.294. The number of rotatable bonds is 4. The molecule has 1 atom stereocenters. The van der Waals surface area contributed by atoms with E-state index < -0.39 is 0 Å². The quantitative estimate of drug-likeness (QED) is 0.902. The monoisotopic (exact) mass is 349 g/mol. The number of methoxy groups -OCH3 is 2. The van der Waals surface area contributed by atoms with E-state index in [1.165, 1.54) is 0 Å². The first-order chi connectivity index (χ1) is 9.97. The van der Waals surface area contributed by atoms with Crippen LogP contribution in [0.15, 0.2) is 34.8 Å². The zero-order valence-electron chi connectivity index (χ0n) is 12.7. The van der Waals surface area contributed by atoms with Crippen LogP contribution in [-0.4, -0.2) is 14.2 Å². The van der Waals surface area contributed by atoms with Crippen LogP contribution in [0, 0.1) is 13.8 Å². The van der Waals surface area contributed by atoms with Gasteiger partial charge in [-0.05, 0) is 54.8 Å². The van der Waals surface area contributed by atoms with E-state index in [0.717, 1.165) is 38.2 Å². The Labute approximate surface area is 134 Å².